The molecule has 0 saturated heterocycles. The predicted octanol–water partition coefficient (Wildman–Crippen LogP) is 2.18. The fourth-order valence-corrected chi connectivity index (χ4v) is 1.62. The zero-order valence-electron chi connectivity index (χ0n) is 6.70. The largest absolute Gasteiger partial charge is 0.302 e. The molecule has 0 bridgehead atoms. The molecule has 0 saturated carbocycles. The SMILES string of the molecule is O=S(=O)(F)CCc1cccc(Cl)c1. The second kappa shape index (κ2) is 4.07. The lowest BCUT2D eigenvalue weighted by molar-refractivity contribution is 0.551. The molecule has 13 heavy (non-hydrogen) atoms. The number of aryl methyl sites for hydroxylation is 1. The van der Waals surface area contributed by atoms with Gasteiger partial charge in [0.2, 0.25) is 0 Å². The van der Waals surface area contributed by atoms with E-state index in [1.807, 2.05) is 0 Å². The number of rotatable bonds is 3. The Kier molecular flexibility index (Phi) is 3.27. The number of halogens is 2. The van der Waals surface area contributed by atoms with E-state index in [0.29, 0.717) is 10.6 Å². The van der Waals surface area contributed by atoms with Crippen LogP contribution in [0.5, 0.6) is 0 Å². The van der Waals surface area contributed by atoms with Crippen molar-refractivity contribution in [1.29, 1.82) is 0 Å². The molecule has 0 unspecified atom stereocenters. The Hall–Kier alpha value is -0.610. The maximum absolute atomic E-state index is 12.1. The maximum Gasteiger partial charge on any atom is 0.302 e. The van der Waals surface area contributed by atoms with Gasteiger partial charge in [0, 0.05) is 5.02 Å². The average Bonchev–Trinajstić information content (AvgIpc) is 2.00. The molecule has 0 fully saturated rings. The molecule has 0 aliphatic heterocycles. The van der Waals surface area contributed by atoms with Crippen LogP contribution in [0.4, 0.5) is 3.89 Å². The molecule has 0 heterocycles. The highest BCUT2D eigenvalue weighted by molar-refractivity contribution is 7.86. The van der Waals surface area contributed by atoms with E-state index in [0.717, 1.165) is 0 Å². The van der Waals surface area contributed by atoms with E-state index in [-0.39, 0.29) is 6.42 Å². The second-order valence-electron chi connectivity index (χ2n) is 2.62. The van der Waals surface area contributed by atoms with Crippen molar-refractivity contribution < 1.29 is 12.3 Å². The Morgan fingerprint density at radius 2 is 2.08 bits per heavy atom. The molecule has 2 nitrogen and oxygen atoms in total. The van der Waals surface area contributed by atoms with Crippen LogP contribution < -0.4 is 0 Å². The van der Waals surface area contributed by atoms with Crippen molar-refractivity contribution in [2.75, 3.05) is 5.75 Å². The lowest BCUT2D eigenvalue weighted by atomic mass is 10.2. The summed E-state index contributed by atoms with van der Waals surface area (Å²) in [5.41, 5.74) is 0.716. The van der Waals surface area contributed by atoms with Crippen molar-refractivity contribution in [3.05, 3.63) is 34.9 Å². The first-order valence-corrected chi connectivity index (χ1v) is 5.57. The highest BCUT2D eigenvalue weighted by atomic mass is 35.5. The van der Waals surface area contributed by atoms with E-state index in [1.54, 1.807) is 24.3 Å². The van der Waals surface area contributed by atoms with Gasteiger partial charge in [-0.25, -0.2) is 0 Å². The van der Waals surface area contributed by atoms with Crippen LogP contribution >= 0.6 is 11.6 Å². The van der Waals surface area contributed by atoms with Crippen LogP contribution in [0.1, 0.15) is 5.56 Å². The Labute approximate surface area is 81.6 Å². The highest BCUT2D eigenvalue weighted by Crippen LogP contribution is 2.11. The summed E-state index contributed by atoms with van der Waals surface area (Å²) in [6, 6.07) is 6.70. The van der Waals surface area contributed by atoms with Crippen LogP contribution in [0.15, 0.2) is 24.3 Å². The molecule has 72 valence electrons. The molecule has 1 aromatic carbocycles. The van der Waals surface area contributed by atoms with Crippen LogP contribution in [0.3, 0.4) is 0 Å². The van der Waals surface area contributed by atoms with Crippen molar-refractivity contribution >= 4 is 21.8 Å². The van der Waals surface area contributed by atoms with E-state index in [4.69, 9.17) is 11.6 Å². The number of hydrogen-bond acceptors (Lipinski definition) is 2. The molecule has 0 spiro atoms. The smallest absolute Gasteiger partial charge is 0.195 e. The topological polar surface area (TPSA) is 34.1 Å². The molecule has 1 rings (SSSR count). The standard InChI is InChI=1S/C8H8ClFO2S/c9-8-3-1-2-7(6-8)4-5-13(10,11)12/h1-3,6H,4-5H2. The van der Waals surface area contributed by atoms with Crippen molar-refractivity contribution in [1.82, 2.24) is 0 Å². The van der Waals surface area contributed by atoms with Gasteiger partial charge >= 0.3 is 10.2 Å². The second-order valence-corrected chi connectivity index (χ2v) is 4.55. The van der Waals surface area contributed by atoms with E-state index in [9.17, 15) is 12.3 Å². The highest BCUT2D eigenvalue weighted by Gasteiger charge is 2.06. The maximum atomic E-state index is 12.1. The Morgan fingerprint density at radius 1 is 1.38 bits per heavy atom. The number of benzene rings is 1. The molecule has 0 atom stereocenters. The van der Waals surface area contributed by atoms with E-state index in [2.05, 4.69) is 0 Å². The summed E-state index contributed by atoms with van der Waals surface area (Å²) in [4.78, 5) is 0. The first-order chi connectivity index (χ1) is 5.97. The zero-order chi connectivity index (χ0) is 9.90. The minimum absolute atomic E-state index is 0.152. The third-order valence-corrected chi connectivity index (χ3v) is 2.45. The van der Waals surface area contributed by atoms with Crippen molar-refractivity contribution in [2.24, 2.45) is 0 Å². The molecule has 5 heteroatoms. The molecule has 0 N–H and O–H groups in total. The summed E-state index contributed by atoms with van der Waals surface area (Å²) in [7, 11) is -4.38. The van der Waals surface area contributed by atoms with E-state index in [1.165, 1.54) is 0 Å². The summed E-state index contributed by atoms with van der Waals surface area (Å²) in [5, 5.41) is 0.522. The van der Waals surface area contributed by atoms with Crippen LogP contribution in [0.25, 0.3) is 0 Å². The van der Waals surface area contributed by atoms with Crippen molar-refractivity contribution in [2.45, 2.75) is 6.42 Å². The lowest BCUT2D eigenvalue weighted by Gasteiger charge is -1.98. The number of hydrogen-bond donors (Lipinski definition) is 0. The normalized spacial score (nSPS) is 11.5. The molecular formula is C8H8ClFO2S. The Bertz CT molecular complexity index is 389. The summed E-state index contributed by atoms with van der Waals surface area (Å²) < 4.78 is 32.5. The first kappa shape index (κ1) is 10.5. The quantitative estimate of drug-likeness (QED) is 0.735. The summed E-state index contributed by atoms with van der Waals surface area (Å²) in [6.07, 6.45) is 0.152. The molecule has 0 aliphatic rings. The Balaban J connectivity index is 2.65. The molecule has 0 amide bonds. The van der Waals surface area contributed by atoms with Gasteiger partial charge in [-0.15, -0.1) is 3.89 Å². The van der Waals surface area contributed by atoms with Gasteiger partial charge in [0.05, 0.1) is 5.75 Å². The van der Waals surface area contributed by atoms with Gasteiger partial charge in [0.1, 0.15) is 0 Å². The summed E-state index contributed by atoms with van der Waals surface area (Å²) >= 11 is 5.65. The van der Waals surface area contributed by atoms with Gasteiger partial charge in [-0.1, -0.05) is 23.7 Å². The Morgan fingerprint density at radius 3 is 2.62 bits per heavy atom. The van der Waals surface area contributed by atoms with Gasteiger partial charge < -0.3 is 0 Å². The third kappa shape index (κ3) is 4.24. The minimum Gasteiger partial charge on any atom is -0.195 e. The van der Waals surface area contributed by atoms with Gasteiger partial charge in [-0.3, -0.25) is 0 Å². The fraction of sp³-hybridized carbons (Fsp3) is 0.250. The summed E-state index contributed by atoms with van der Waals surface area (Å²) in [6.45, 7) is 0. The van der Waals surface area contributed by atoms with Gasteiger partial charge in [0.15, 0.2) is 0 Å². The molecule has 0 aromatic heterocycles. The minimum atomic E-state index is -4.38. The third-order valence-electron chi connectivity index (χ3n) is 1.52. The van der Waals surface area contributed by atoms with Crippen molar-refractivity contribution in [3.63, 3.8) is 0 Å². The fourth-order valence-electron chi connectivity index (χ4n) is 0.932. The predicted molar refractivity (Wildman–Crippen MR) is 50.1 cm³/mol. The molecule has 1 aromatic rings. The van der Waals surface area contributed by atoms with E-state index >= 15 is 0 Å². The monoisotopic (exact) mass is 222 g/mol. The molecule has 0 aliphatic carbocycles. The van der Waals surface area contributed by atoms with Crippen molar-refractivity contribution in [3.8, 4) is 0 Å². The van der Waals surface area contributed by atoms with Gasteiger partial charge in [-0.05, 0) is 24.1 Å². The molecular weight excluding hydrogens is 215 g/mol. The van der Waals surface area contributed by atoms with Gasteiger partial charge in [-0.2, -0.15) is 8.42 Å². The molecule has 0 radical (unpaired) electrons. The van der Waals surface area contributed by atoms with Crippen LogP contribution in [-0.2, 0) is 16.6 Å². The van der Waals surface area contributed by atoms with Crippen LogP contribution in [-0.4, -0.2) is 14.2 Å². The van der Waals surface area contributed by atoms with Crippen LogP contribution in [0.2, 0.25) is 5.02 Å². The first-order valence-electron chi connectivity index (χ1n) is 3.64. The average molecular weight is 223 g/mol. The van der Waals surface area contributed by atoms with Gasteiger partial charge in [0.25, 0.3) is 0 Å². The van der Waals surface area contributed by atoms with E-state index < -0.39 is 16.0 Å². The summed E-state index contributed by atoms with van der Waals surface area (Å²) in [5.74, 6) is -0.493. The lowest BCUT2D eigenvalue weighted by Crippen LogP contribution is -2.01. The zero-order valence-corrected chi connectivity index (χ0v) is 8.28. The van der Waals surface area contributed by atoms with Crippen LogP contribution in [0, 0.1) is 0 Å².